The molecule has 2 fully saturated rings. The number of fused-ring (bicyclic) bond motifs is 1. The maximum atomic E-state index is 12.9. The molecule has 9 heteroatoms. The van der Waals surface area contributed by atoms with E-state index in [-0.39, 0.29) is 11.4 Å². The van der Waals surface area contributed by atoms with Gasteiger partial charge in [0.1, 0.15) is 23.5 Å². The molecule has 8 nitrogen and oxygen atoms in total. The highest BCUT2D eigenvalue weighted by molar-refractivity contribution is 6.36. The lowest BCUT2D eigenvalue weighted by atomic mass is 10.1. The van der Waals surface area contributed by atoms with E-state index in [1.165, 1.54) is 6.20 Å². The zero-order valence-corrected chi connectivity index (χ0v) is 14.6. The van der Waals surface area contributed by atoms with Crippen molar-refractivity contribution in [3.8, 4) is 0 Å². The van der Waals surface area contributed by atoms with Gasteiger partial charge in [-0.1, -0.05) is 11.6 Å². The van der Waals surface area contributed by atoms with Crippen LogP contribution in [0.15, 0.2) is 31.1 Å². The van der Waals surface area contributed by atoms with Crippen LogP contribution in [0, 0.1) is 0 Å². The van der Waals surface area contributed by atoms with E-state index >= 15 is 0 Å². The van der Waals surface area contributed by atoms with Crippen molar-refractivity contribution in [3.63, 3.8) is 0 Å². The van der Waals surface area contributed by atoms with Crippen molar-refractivity contribution < 1.29 is 4.79 Å². The van der Waals surface area contributed by atoms with Crippen molar-refractivity contribution in [1.82, 2.24) is 29.8 Å². The van der Waals surface area contributed by atoms with Gasteiger partial charge in [-0.25, -0.2) is 15.0 Å². The molecule has 0 unspecified atom stereocenters. The van der Waals surface area contributed by atoms with Gasteiger partial charge < -0.3 is 14.8 Å². The molecule has 0 radical (unpaired) electrons. The molecule has 5 rings (SSSR count). The molecule has 26 heavy (non-hydrogen) atoms. The van der Waals surface area contributed by atoms with Crippen LogP contribution in [0.2, 0.25) is 5.02 Å². The number of piperazine rings is 1. The maximum Gasteiger partial charge on any atom is 0.274 e. The minimum atomic E-state index is -0.160. The lowest BCUT2D eigenvalue weighted by Gasteiger charge is -2.42. The predicted molar refractivity (Wildman–Crippen MR) is 96.1 cm³/mol. The molecule has 1 N–H and O–H groups in total. The Kier molecular flexibility index (Phi) is 3.36. The Labute approximate surface area is 154 Å². The van der Waals surface area contributed by atoms with Crippen molar-refractivity contribution in [2.24, 2.45) is 0 Å². The first kappa shape index (κ1) is 15.5. The van der Waals surface area contributed by atoms with Crippen molar-refractivity contribution in [2.45, 2.75) is 18.4 Å². The number of H-pyrrole nitrogens is 1. The van der Waals surface area contributed by atoms with Crippen LogP contribution in [0.25, 0.3) is 11.0 Å². The van der Waals surface area contributed by atoms with E-state index in [1.807, 2.05) is 4.90 Å². The third kappa shape index (κ3) is 2.33. The molecule has 0 atom stereocenters. The highest BCUT2D eigenvalue weighted by atomic mass is 35.5. The predicted octanol–water partition coefficient (Wildman–Crippen LogP) is 1.90. The molecular formula is C17H16ClN7O. The average molecular weight is 370 g/mol. The fraction of sp³-hybridized carbons (Fsp3) is 0.353. The zero-order valence-electron chi connectivity index (χ0n) is 13.9. The summed E-state index contributed by atoms with van der Waals surface area (Å²) in [5.74, 6) is 0.766. The number of amides is 1. The molecule has 2 aliphatic rings. The van der Waals surface area contributed by atoms with E-state index in [2.05, 4.69) is 29.8 Å². The van der Waals surface area contributed by atoms with E-state index in [1.54, 1.807) is 24.9 Å². The average Bonchev–Trinajstić information content (AvgIpc) is 3.34. The number of halogens is 1. The maximum absolute atomic E-state index is 12.9. The van der Waals surface area contributed by atoms with E-state index in [9.17, 15) is 4.79 Å². The molecule has 4 heterocycles. The molecule has 3 aromatic heterocycles. The Balaban J connectivity index is 1.45. The smallest absolute Gasteiger partial charge is 0.274 e. The molecular weight excluding hydrogens is 354 g/mol. The van der Waals surface area contributed by atoms with E-state index < -0.39 is 0 Å². The number of nitrogens with zero attached hydrogens (tertiary/aromatic N) is 6. The number of carbonyl (C=O) groups excluding carboxylic acids is 1. The van der Waals surface area contributed by atoms with Gasteiger partial charge in [-0.2, -0.15) is 0 Å². The molecule has 132 valence electrons. The largest absolute Gasteiger partial charge is 0.352 e. The van der Waals surface area contributed by atoms with E-state index in [0.717, 1.165) is 36.2 Å². The lowest BCUT2D eigenvalue weighted by Crippen LogP contribution is -2.57. The molecule has 1 saturated carbocycles. The van der Waals surface area contributed by atoms with Gasteiger partial charge in [0.2, 0.25) is 0 Å². The Morgan fingerprint density at radius 3 is 2.85 bits per heavy atom. The number of aromatic nitrogens is 5. The summed E-state index contributed by atoms with van der Waals surface area (Å²) in [5.41, 5.74) is 0.959. The number of rotatable bonds is 2. The number of anilines is 1. The summed E-state index contributed by atoms with van der Waals surface area (Å²) in [4.78, 5) is 37.0. The summed E-state index contributed by atoms with van der Waals surface area (Å²) in [6.45, 7) is 2.02. The van der Waals surface area contributed by atoms with Crippen LogP contribution >= 0.6 is 11.6 Å². The number of hydrogen-bond donors (Lipinski definition) is 1. The lowest BCUT2D eigenvalue weighted by molar-refractivity contribution is 0.0617. The zero-order chi connectivity index (χ0) is 17.7. The second-order valence-electron chi connectivity index (χ2n) is 6.75. The third-order valence-corrected chi connectivity index (χ3v) is 5.51. The van der Waals surface area contributed by atoms with Crippen molar-refractivity contribution in [1.29, 1.82) is 0 Å². The van der Waals surface area contributed by atoms with Crippen molar-refractivity contribution in [3.05, 3.63) is 41.8 Å². The summed E-state index contributed by atoms with van der Waals surface area (Å²) >= 11 is 6.33. The monoisotopic (exact) mass is 369 g/mol. The van der Waals surface area contributed by atoms with Crippen molar-refractivity contribution >= 4 is 34.4 Å². The standard InChI is InChI=1S/C17H16ClN7O/c18-11-7-21-14-13(11)15(23-10-22-14)24-5-6-25(17(9-24)1-2-17)16(26)12-8-19-3-4-20-12/h3-4,7-8,10H,1-2,5-6,9H2,(H,21,22,23). The molecule has 1 aliphatic carbocycles. The van der Waals surface area contributed by atoms with Crippen LogP contribution in [0.5, 0.6) is 0 Å². The molecule has 1 saturated heterocycles. The Bertz CT molecular complexity index is 985. The summed E-state index contributed by atoms with van der Waals surface area (Å²) in [6.07, 6.45) is 9.87. The molecule has 0 aromatic carbocycles. The first-order valence-electron chi connectivity index (χ1n) is 8.48. The van der Waals surface area contributed by atoms with Crippen LogP contribution in [0.4, 0.5) is 5.82 Å². The van der Waals surface area contributed by atoms with Crippen LogP contribution in [-0.4, -0.2) is 60.9 Å². The molecule has 0 bridgehead atoms. The van der Waals surface area contributed by atoms with Gasteiger partial charge >= 0.3 is 0 Å². The second-order valence-corrected chi connectivity index (χ2v) is 7.16. The van der Waals surface area contributed by atoms with Crippen LogP contribution in [0.3, 0.4) is 0 Å². The second kappa shape index (κ2) is 5.63. The third-order valence-electron chi connectivity index (χ3n) is 5.21. The molecule has 1 aliphatic heterocycles. The quantitative estimate of drug-likeness (QED) is 0.741. The summed E-state index contributed by atoms with van der Waals surface area (Å²) in [6, 6.07) is 0. The van der Waals surface area contributed by atoms with Crippen LogP contribution < -0.4 is 4.90 Å². The van der Waals surface area contributed by atoms with E-state index in [4.69, 9.17) is 11.6 Å². The first-order valence-corrected chi connectivity index (χ1v) is 8.86. The highest BCUT2D eigenvalue weighted by Crippen LogP contribution is 2.46. The highest BCUT2D eigenvalue weighted by Gasteiger charge is 2.53. The molecule has 3 aromatic rings. The van der Waals surface area contributed by atoms with Gasteiger partial charge in [0.25, 0.3) is 5.91 Å². The topological polar surface area (TPSA) is 90.9 Å². The van der Waals surface area contributed by atoms with Gasteiger partial charge in [0, 0.05) is 38.2 Å². The Hall–Kier alpha value is -2.74. The van der Waals surface area contributed by atoms with Gasteiger partial charge in [-0.05, 0) is 12.8 Å². The number of carbonyl (C=O) groups is 1. The number of nitrogens with one attached hydrogen (secondary N) is 1. The minimum Gasteiger partial charge on any atom is -0.352 e. The molecule has 1 spiro atoms. The van der Waals surface area contributed by atoms with Gasteiger partial charge in [-0.3, -0.25) is 9.78 Å². The summed E-state index contributed by atoms with van der Waals surface area (Å²) in [7, 11) is 0. The first-order chi connectivity index (χ1) is 12.7. The van der Waals surface area contributed by atoms with Gasteiger partial charge in [-0.15, -0.1) is 0 Å². The van der Waals surface area contributed by atoms with E-state index in [0.29, 0.717) is 23.8 Å². The van der Waals surface area contributed by atoms with Crippen LogP contribution in [-0.2, 0) is 0 Å². The summed E-state index contributed by atoms with van der Waals surface area (Å²) < 4.78 is 0. The van der Waals surface area contributed by atoms with Gasteiger partial charge in [0.15, 0.2) is 0 Å². The fourth-order valence-corrected chi connectivity index (χ4v) is 3.97. The minimum absolute atomic E-state index is 0.0530. The fourth-order valence-electron chi connectivity index (χ4n) is 3.74. The SMILES string of the molecule is O=C(c1cnccn1)N1CCN(c2ncnc3[nH]cc(Cl)c23)CC12CC2. The number of hydrogen-bond acceptors (Lipinski definition) is 6. The van der Waals surface area contributed by atoms with Crippen LogP contribution in [0.1, 0.15) is 23.3 Å². The van der Waals surface area contributed by atoms with Crippen molar-refractivity contribution in [2.75, 3.05) is 24.5 Å². The molecule has 1 amide bonds. The normalized spacial score (nSPS) is 18.5. The Morgan fingerprint density at radius 1 is 1.19 bits per heavy atom. The van der Waals surface area contributed by atoms with Gasteiger partial charge in [0.05, 0.1) is 22.1 Å². The number of aromatic amines is 1. The Morgan fingerprint density at radius 2 is 2.08 bits per heavy atom. The summed E-state index contributed by atoms with van der Waals surface area (Å²) in [5, 5.41) is 1.44.